The lowest BCUT2D eigenvalue weighted by Crippen LogP contribution is -2.32. The number of nitrogens with two attached hydrogens (primary N) is 1. The van der Waals surface area contributed by atoms with E-state index in [9.17, 15) is 10.2 Å². The number of nitrogens with zero attached hydrogens (tertiary/aromatic N) is 10. The third kappa shape index (κ3) is 2.42. The molecule has 0 saturated carbocycles. The number of rotatable bonds is 4. The molecule has 14 nitrogen and oxygen atoms in total. The molecule has 0 aromatic carbocycles. The minimum atomic E-state index is -1.40. The number of hydrogen-bond acceptors (Lipinski definition) is 9. The first-order valence-electron chi connectivity index (χ1n) is 6.64. The number of anilines is 1. The van der Waals surface area contributed by atoms with Gasteiger partial charge in [0.2, 0.25) is 5.95 Å². The van der Waals surface area contributed by atoms with E-state index in [1.165, 1.54) is 10.9 Å². The van der Waals surface area contributed by atoms with Crippen molar-refractivity contribution in [1.82, 2.24) is 19.5 Å². The van der Waals surface area contributed by atoms with Crippen molar-refractivity contribution >= 4 is 22.9 Å². The van der Waals surface area contributed by atoms with E-state index in [2.05, 4.69) is 35.0 Å². The fraction of sp³-hybridized carbons (Fsp3) is 0.500. The SMILES string of the molecule is [N-]=[N+]=NC[C@H]1O[C@@H](n2c(N=[N+]=[N-])nc3c(N)ncnc32)[C@H](O)[C@@H]1O. The second kappa shape index (κ2) is 6.16. The third-order valence-corrected chi connectivity index (χ3v) is 3.54. The van der Waals surface area contributed by atoms with Crippen molar-refractivity contribution in [3.8, 4) is 0 Å². The quantitative estimate of drug-likeness (QED) is 0.402. The van der Waals surface area contributed by atoms with Gasteiger partial charge in [0.25, 0.3) is 0 Å². The van der Waals surface area contributed by atoms with Crippen LogP contribution in [0, 0.1) is 0 Å². The van der Waals surface area contributed by atoms with Crippen LogP contribution in [0.4, 0.5) is 11.8 Å². The molecule has 2 aromatic heterocycles. The van der Waals surface area contributed by atoms with Gasteiger partial charge in [-0.15, -0.1) is 0 Å². The summed E-state index contributed by atoms with van der Waals surface area (Å²) in [6.07, 6.45) is -3.67. The van der Waals surface area contributed by atoms with E-state index < -0.39 is 24.5 Å². The zero-order chi connectivity index (χ0) is 17.3. The Morgan fingerprint density at radius 2 is 2.08 bits per heavy atom. The molecule has 1 aliphatic rings. The summed E-state index contributed by atoms with van der Waals surface area (Å²) in [5.74, 6) is -0.118. The monoisotopic (exact) mass is 333 g/mol. The predicted octanol–water partition coefficient (Wildman–Crippen LogP) is 0.280. The third-order valence-electron chi connectivity index (χ3n) is 3.54. The zero-order valence-electron chi connectivity index (χ0n) is 11.9. The van der Waals surface area contributed by atoms with Crippen LogP contribution in [-0.2, 0) is 4.74 Å². The second-order valence-electron chi connectivity index (χ2n) is 4.86. The molecule has 0 aliphatic carbocycles. The molecule has 0 bridgehead atoms. The Bertz CT molecular complexity index is 868. The van der Waals surface area contributed by atoms with Gasteiger partial charge in [0.15, 0.2) is 23.2 Å². The van der Waals surface area contributed by atoms with Gasteiger partial charge in [0, 0.05) is 9.82 Å². The van der Waals surface area contributed by atoms with Crippen molar-refractivity contribution in [3.63, 3.8) is 0 Å². The number of fused-ring (bicyclic) bond motifs is 1. The van der Waals surface area contributed by atoms with Crippen molar-refractivity contribution in [3.05, 3.63) is 27.2 Å². The molecule has 3 rings (SSSR count). The average Bonchev–Trinajstić information content (AvgIpc) is 3.06. The molecule has 3 heterocycles. The van der Waals surface area contributed by atoms with Crippen molar-refractivity contribution in [2.75, 3.05) is 12.3 Å². The molecular weight excluding hydrogens is 322 g/mol. The highest BCUT2D eigenvalue weighted by Crippen LogP contribution is 2.36. The number of aromatic nitrogens is 4. The molecule has 1 saturated heterocycles. The van der Waals surface area contributed by atoms with Crippen LogP contribution >= 0.6 is 0 Å². The Labute approximate surface area is 132 Å². The van der Waals surface area contributed by atoms with E-state index in [0.717, 1.165) is 0 Å². The number of aliphatic hydroxyl groups is 2. The van der Waals surface area contributed by atoms with Crippen molar-refractivity contribution in [2.24, 2.45) is 10.2 Å². The molecular formula is C10H11N11O3. The van der Waals surface area contributed by atoms with E-state index in [0.29, 0.717) is 0 Å². The first kappa shape index (κ1) is 15.7. The average molecular weight is 333 g/mol. The fourth-order valence-electron chi connectivity index (χ4n) is 2.47. The second-order valence-corrected chi connectivity index (χ2v) is 4.86. The molecule has 1 fully saturated rings. The summed E-state index contributed by atoms with van der Waals surface area (Å²) >= 11 is 0. The van der Waals surface area contributed by atoms with Crippen LogP contribution < -0.4 is 5.73 Å². The van der Waals surface area contributed by atoms with Crippen molar-refractivity contribution < 1.29 is 14.9 Å². The first-order valence-corrected chi connectivity index (χ1v) is 6.64. The largest absolute Gasteiger partial charge is 0.388 e. The molecule has 2 aromatic rings. The topological polar surface area (TPSA) is 217 Å². The molecule has 24 heavy (non-hydrogen) atoms. The molecule has 124 valence electrons. The summed E-state index contributed by atoms with van der Waals surface area (Å²) in [5.41, 5.74) is 23.1. The van der Waals surface area contributed by atoms with Gasteiger partial charge < -0.3 is 20.7 Å². The lowest BCUT2D eigenvalue weighted by atomic mass is 10.1. The minimum Gasteiger partial charge on any atom is -0.388 e. The molecule has 4 atom stereocenters. The Morgan fingerprint density at radius 1 is 1.29 bits per heavy atom. The summed E-state index contributed by atoms with van der Waals surface area (Å²) < 4.78 is 6.75. The Morgan fingerprint density at radius 3 is 2.79 bits per heavy atom. The van der Waals surface area contributed by atoms with Crippen LogP contribution in [0.5, 0.6) is 0 Å². The van der Waals surface area contributed by atoms with Gasteiger partial charge in [-0.3, -0.25) is 4.57 Å². The summed E-state index contributed by atoms with van der Waals surface area (Å²) in [7, 11) is 0. The molecule has 14 heteroatoms. The standard InChI is InChI=1S/C10H11N11O3/c11-7-4-8(15-2-14-7)21(10(17-4)18-20-13)9-6(23)5(22)3(24-9)1-16-19-12/h2-3,5-6,9,22-23H,1H2,(H2,11,14,15)/t3-,5-,6-,9-/m1/s1. The highest BCUT2D eigenvalue weighted by Gasteiger charge is 2.44. The molecule has 4 N–H and O–H groups in total. The van der Waals surface area contributed by atoms with E-state index in [1.54, 1.807) is 0 Å². The smallest absolute Gasteiger partial charge is 0.201 e. The zero-order valence-corrected chi connectivity index (χ0v) is 11.9. The van der Waals surface area contributed by atoms with E-state index in [4.69, 9.17) is 21.5 Å². The van der Waals surface area contributed by atoms with Gasteiger partial charge in [0.05, 0.1) is 12.6 Å². The number of azide groups is 2. The van der Waals surface area contributed by atoms with Crippen LogP contribution in [0.2, 0.25) is 0 Å². The maximum Gasteiger partial charge on any atom is 0.201 e. The summed E-state index contributed by atoms with van der Waals surface area (Å²) in [4.78, 5) is 17.1. The fourth-order valence-corrected chi connectivity index (χ4v) is 2.47. The highest BCUT2D eigenvalue weighted by atomic mass is 16.6. The molecule has 0 radical (unpaired) electrons. The number of imidazole rings is 1. The van der Waals surface area contributed by atoms with Crippen LogP contribution in [0.25, 0.3) is 32.0 Å². The van der Waals surface area contributed by atoms with E-state index >= 15 is 0 Å². The predicted molar refractivity (Wildman–Crippen MR) is 78.5 cm³/mol. The summed E-state index contributed by atoms with van der Waals surface area (Å²) in [5, 5.41) is 27.1. The summed E-state index contributed by atoms with van der Waals surface area (Å²) in [6, 6.07) is 0. The molecule has 1 aliphatic heterocycles. The van der Waals surface area contributed by atoms with E-state index in [1.807, 2.05) is 0 Å². The maximum atomic E-state index is 10.3. The number of nitrogen functional groups attached to an aromatic ring is 1. The normalized spacial score (nSPS) is 26.1. The first-order chi connectivity index (χ1) is 11.6. The number of hydrogen-bond donors (Lipinski definition) is 3. The maximum absolute atomic E-state index is 10.3. The minimum absolute atomic E-state index is 0.0480. The van der Waals surface area contributed by atoms with Gasteiger partial charge in [-0.2, -0.15) is 0 Å². The number of aliphatic hydroxyl groups excluding tert-OH is 2. The van der Waals surface area contributed by atoms with Gasteiger partial charge in [-0.1, -0.05) is 5.11 Å². The van der Waals surface area contributed by atoms with Crippen molar-refractivity contribution in [1.29, 1.82) is 0 Å². The van der Waals surface area contributed by atoms with Gasteiger partial charge in [0.1, 0.15) is 18.5 Å². The number of ether oxygens (including phenoxy) is 1. The Hall–Kier alpha value is -3.15. The lowest BCUT2D eigenvalue weighted by molar-refractivity contribution is -0.0310. The summed E-state index contributed by atoms with van der Waals surface area (Å²) in [6.45, 7) is -0.189. The van der Waals surface area contributed by atoms with Crippen LogP contribution in [0.3, 0.4) is 0 Å². The van der Waals surface area contributed by atoms with Gasteiger partial charge in [-0.25, -0.2) is 15.0 Å². The molecule has 0 spiro atoms. The lowest BCUT2D eigenvalue weighted by Gasteiger charge is -2.17. The Kier molecular flexibility index (Phi) is 4.04. The Balaban J connectivity index is 2.11. The van der Waals surface area contributed by atoms with Crippen LogP contribution in [-0.4, -0.2) is 54.6 Å². The van der Waals surface area contributed by atoms with Gasteiger partial charge in [-0.05, 0) is 16.2 Å². The van der Waals surface area contributed by atoms with Gasteiger partial charge >= 0.3 is 0 Å². The van der Waals surface area contributed by atoms with Crippen LogP contribution in [0.15, 0.2) is 16.6 Å². The van der Waals surface area contributed by atoms with Crippen LogP contribution in [0.1, 0.15) is 6.23 Å². The van der Waals surface area contributed by atoms with E-state index in [-0.39, 0.29) is 29.5 Å². The van der Waals surface area contributed by atoms with Crippen molar-refractivity contribution in [2.45, 2.75) is 24.5 Å². The molecule has 0 unspecified atom stereocenters. The molecule has 0 amide bonds. The highest BCUT2D eigenvalue weighted by molar-refractivity contribution is 5.83.